The number of hydrogen-bond donors (Lipinski definition) is 1. The summed E-state index contributed by atoms with van der Waals surface area (Å²) in [5.74, 6) is 0.977. The number of rotatable bonds is 21. The molecule has 0 amide bonds. The van der Waals surface area contributed by atoms with Crippen LogP contribution in [0.4, 0.5) is 0 Å². The van der Waals surface area contributed by atoms with E-state index in [4.69, 9.17) is 5.73 Å². The van der Waals surface area contributed by atoms with Crippen molar-refractivity contribution < 1.29 is 0 Å². The topological polar surface area (TPSA) is 26.0 Å². The summed E-state index contributed by atoms with van der Waals surface area (Å²) in [7, 11) is 0. The zero-order chi connectivity index (χ0) is 19.3. The molecule has 0 aliphatic carbocycles. The van der Waals surface area contributed by atoms with Gasteiger partial charge in [0.1, 0.15) is 0 Å². The molecule has 0 bridgehead atoms. The summed E-state index contributed by atoms with van der Waals surface area (Å²) < 4.78 is 0. The summed E-state index contributed by atoms with van der Waals surface area (Å²) in [4.78, 5) is 0. The molecule has 26 heavy (non-hydrogen) atoms. The van der Waals surface area contributed by atoms with Gasteiger partial charge in [0.15, 0.2) is 0 Å². The van der Waals surface area contributed by atoms with Crippen molar-refractivity contribution in [3.8, 4) is 0 Å². The fraction of sp³-hybridized carbons (Fsp3) is 1.00. The molecule has 158 valence electrons. The van der Waals surface area contributed by atoms with E-state index in [9.17, 15) is 0 Å². The molecule has 0 fully saturated rings. The minimum atomic E-state index is 0.438. The first-order valence-electron chi connectivity index (χ1n) is 12.5. The smallest absolute Gasteiger partial charge is 0.00362 e. The van der Waals surface area contributed by atoms with Crippen LogP contribution in [0.1, 0.15) is 149 Å². The van der Waals surface area contributed by atoms with Crippen LogP contribution in [0.25, 0.3) is 0 Å². The highest BCUT2D eigenvalue weighted by Gasteiger charge is 2.10. The van der Waals surface area contributed by atoms with Crippen LogP contribution in [0.15, 0.2) is 0 Å². The van der Waals surface area contributed by atoms with Gasteiger partial charge in [0.25, 0.3) is 0 Å². The number of hydrogen-bond acceptors (Lipinski definition) is 1. The largest absolute Gasteiger partial charge is 0.328 e. The second-order valence-electron chi connectivity index (χ2n) is 8.79. The summed E-state index contributed by atoms with van der Waals surface area (Å²) in [6, 6.07) is 0.438. The zero-order valence-corrected chi connectivity index (χ0v) is 18.9. The fourth-order valence-electron chi connectivity index (χ4n) is 4.09. The third-order valence-corrected chi connectivity index (χ3v) is 6.14. The van der Waals surface area contributed by atoms with E-state index >= 15 is 0 Å². The average Bonchev–Trinajstić information content (AvgIpc) is 2.65. The highest BCUT2D eigenvalue weighted by molar-refractivity contribution is 4.65. The molecule has 0 spiro atoms. The molecule has 1 nitrogen and oxygen atoms in total. The van der Waals surface area contributed by atoms with E-state index in [1.807, 2.05) is 0 Å². The van der Waals surface area contributed by atoms with Crippen LogP contribution in [0, 0.1) is 5.92 Å². The summed E-state index contributed by atoms with van der Waals surface area (Å²) in [5.41, 5.74) is 6.12. The third kappa shape index (κ3) is 18.7. The average molecular weight is 368 g/mol. The molecule has 0 aromatic rings. The van der Waals surface area contributed by atoms with Crippen molar-refractivity contribution in [2.75, 3.05) is 0 Å². The molecule has 0 aromatic heterocycles. The van der Waals surface area contributed by atoms with E-state index in [-0.39, 0.29) is 0 Å². The number of nitrogens with two attached hydrogens (primary N) is 1. The first-order chi connectivity index (χ1) is 12.7. The summed E-state index contributed by atoms with van der Waals surface area (Å²) in [6.07, 6.45) is 28.3. The molecule has 0 saturated carbocycles. The van der Waals surface area contributed by atoms with Crippen LogP contribution in [0.5, 0.6) is 0 Å². The van der Waals surface area contributed by atoms with Gasteiger partial charge in [-0.15, -0.1) is 0 Å². The van der Waals surface area contributed by atoms with Gasteiger partial charge in [0, 0.05) is 6.04 Å². The maximum absolute atomic E-state index is 6.12. The molecular weight excluding hydrogens is 314 g/mol. The lowest BCUT2D eigenvalue weighted by Crippen LogP contribution is -2.18. The van der Waals surface area contributed by atoms with Crippen LogP contribution in [-0.4, -0.2) is 6.04 Å². The van der Waals surface area contributed by atoms with Gasteiger partial charge in [0.05, 0.1) is 0 Å². The van der Waals surface area contributed by atoms with Gasteiger partial charge in [-0.05, 0) is 18.8 Å². The normalized spacial score (nSPS) is 13.8. The second kappa shape index (κ2) is 21.3. The first-order valence-corrected chi connectivity index (χ1v) is 12.5. The first kappa shape index (κ1) is 26.0. The van der Waals surface area contributed by atoms with Gasteiger partial charge in [-0.25, -0.2) is 0 Å². The van der Waals surface area contributed by atoms with Gasteiger partial charge in [-0.2, -0.15) is 0 Å². The molecule has 0 aliphatic heterocycles. The molecule has 1 heteroatoms. The molecule has 2 unspecified atom stereocenters. The third-order valence-electron chi connectivity index (χ3n) is 6.14. The molecule has 0 rings (SSSR count). The van der Waals surface area contributed by atoms with Gasteiger partial charge < -0.3 is 5.73 Å². The zero-order valence-electron chi connectivity index (χ0n) is 18.9. The molecule has 2 N–H and O–H groups in total. The molecule has 0 aromatic carbocycles. The van der Waals surface area contributed by atoms with Crippen molar-refractivity contribution in [2.45, 2.75) is 155 Å². The predicted molar refractivity (Wildman–Crippen MR) is 121 cm³/mol. The Bertz CT molecular complexity index is 251. The van der Waals surface area contributed by atoms with Crippen LogP contribution < -0.4 is 5.73 Å². The molecule has 2 atom stereocenters. The Morgan fingerprint density at radius 1 is 0.462 bits per heavy atom. The standard InChI is InChI=1S/C25H53N/c1-4-7-9-11-13-14-16-18-21-24(22-19-23-25(26)6-3)20-17-15-12-10-8-5-2/h24-25H,4-23,26H2,1-3H3. The van der Waals surface area contributed by atoms with Crippen molar-refractivity contribution in [3.63, 3.8) is 0 Å². The van der Waals surface area contributed by atoms with E-state index in [0.717, 1.165) is 12.3 Å². The van der Waals surface area contributed by atoms with Gasteiger partial charge >= 0.3 is 0 Å². The predicted octanol–water partition coefficient (Wildman–Crippen LogP) is 8.79. The monoisotopic (exact) mass is 367 g/mol. The van der Waals surface area contributed by atoms with E-state index in [0.29, 0.717) is 6.04 Å². The molecule has 0 heterocycles. The Kier molecular flexibility index (Phi) is 21.2. The van der Waals surface area contributed by atoms with Crippen LogP contribution >= 0.6 is 0 Å². The summed E-state index contributed by atoms with van der Waals surface area (Å²) in [6.45, 7) is 6.83. The minimum Gasteiger partial charge on any atom is -0.328 e. The van der Waals surface area contributed by atoms with Crippen LogP contribution in [0.3, 0.4) is 0 Å². The van der Waals surface area contributed by atoms with Crippen molar-refractivity contribution in [1.29, 1.82) is 0 Å². The highest BCUT2D eigenvalue weighted by Crippen LogP contribution is 2.24. The number of unbranched alkanes of at least 4 members (excludes halogenated alkanes) is 12. The van der Waals surface area contributed by atoms with Gasteiger partial charge in [-0.3, -0.25) is 0 Å². The maximum Gasteiger partial charge on any atom is 0.00362 e. The van der Waals surface area contributed by atoms with E-state index in [1.165, 1.54) is 122 Å². The molecular formula is C25H53N. The maximum atomic E-state index is 6.12. The second-order valence-corrected chi connectivity index (χ2v) is 8.79. The molecule has 0 radical (unpaired) electrons. The van der Waals surface area contributed by atoms with Gasteiger partial charge in [-0.1, -0.05) is 136 Å². The van der Waals surface area contributed by atoms with Crippen molar-refractivity contribution >= 4 is 0 Å². The van der Waals surface area contributed by atoms with Crippen molar-refractivity contribution in [3.05, 3.63) is 0 Å². The van der Waals surface area contributed by atoms with Crippen molar-refractivity contribution in [1.82, 2.24) is 0 Å². The van der Waals surface area contributed by atoms with E-state index < -0.39 is 0 Å². The molecule has 0 aliphatic rings. The molecule has 0 saturated heterocycles. The Labute approximate surface area is 167 Å². The Morgan fingerprint density at radius 3 is 1.27 bits per heavy atom. The van der Waals surface area contributed by atoms with E-state index in [2.05, 4.69) is 20.8 Å². The Morgan fingerprint density at radius 2 is 0.846 bits per heavy atom. The lowest BCUT2D eigenvalue weighted by molar-refractivity contribution is 0.361. The highest BCUT2D eigenvalue weighted by atomic mass is 14.6. The quantitative estimate of drug-likeness (QED) is 0.201. The lowest BCUT2D eigenvalue weighted by atomic mass is 9.89. The van der Waals surface area contributed by atoms with E-state index in [1.54, 1.807) is 0 Å². The Hall–Kier alpha value is -0.0400. The lowest BCUT2D eigenvalue weighted by Gasteiger charge is -2.18. The Balaban J connectivity index is 3.81. The van der Waals surface area contributed by atoms with Gasteiger partial charge in [0.2, 0.25) is 0 Å². The summed E-state index contributed by atoms with van der Waals surface area (Å²) in [5, 5.41) is 0. The SMILES string of the molecule is CCCCCCCCCCC(CCCCCCCC)CCCC(N)CC. The minimum absolute atomic E-state index is 0.438. The fourth-order valence-corrected chi connectivity index (χ4v) is 4.09. The van der Waals surface area contributed by atoms with Crippen LogP contribution in [-0.2, 0) is 0 Å². The van der Waals surface area contributed by atoms with Crippen LogP contribution in [0.2, 0.25) is 0 Å². The summed E-state index contributed by atoms with van der Waals surface area (Å²) >= 11 is 0. The van der Waals surface area contributed by atoms with Crippen molar-refractivity contribution in [2.24, 2.45) is 11.7 Å².